The Morgan fingerprint density at radius 2 is 1.75 bits per heavy atom. The molecule has 1 unspecified atom stereocenters. The summed E-state index contributed by atoms with van der Waals surface area (Å²) in [5.41, 5.74) is 3.94. The van der Waals surface area contributed by atoms with Crippen molar-refractivity contribution in [3.05, 3.63) is 76.5 Å². The lowest BCUT2D eigenvalue weighted by molar-refractivity contribution is -0.121. The van der Waals surface area contributed by atoms with Crippen LogP contribution in [0.4, 0.5) is 5.69 Å². The Kier molecular flexibility index (Phi) is 5.53. The quantitative estimate of drug-likeness (QED) is 0.677. The van der Waals surface area contributed by atoms with Crippen LogP contribution in [0.15, 0.2) is 59.8 Å². The van der Waals surface area contributed by atoms with Crippen LogP contribution in [0.5, 0.6) is 0 Å². The second kappa shape index (κ2) is 8.05. The summed E-state index contributed by atoms with van der Waals surface area (Å²) in [6, 6.07) is 14.6. The first-order chi connectivity index (χ1) is 15.1. The molecule has 166 valence electrons. The van der Waals surface area contributed by atoms with Crippen molar-refractivity contribution in [1.82, 2.24) is 0 Å². The smallest absolute Gasteiger partial charge is 0.335 e. The molecule has 0 bridgehead atoms. The average molecular weight is 432 g/mol. The van der Waals surface area contributed by atoms with Crippen LogP contribution in [0.1, 0.15) is 80.3 Å². The number of carboxylic acid groups (broad SMARTS) is 1. The van der Waals surface area contributed by atoms with Crippen LogP contribution in [0.3, 0.4) is 0 Å². The van der Waals surface area contributed by atoms with Crippen LogP contribution in [0.25, 0.3) is 0 Å². The van der Waals surface area contributed by atoms with E-state index < -0.39 is 5.97 Å². The predicted molar refractivity (Wildman–Crippen MR) is 124 cm³/mol. The van der Waals surface area contributed by atoms with Gasteiger partial charge in [-0.1, -0.05) is 58.0 Å². The van der Waals surface area contributed by atoms with Crippen LogP contribution in [0.2, 0.25) is 0 Å². The summed E-state index contributed by atoms with van der Waals surface area (Å²) in [6.45, 7) is 8.34. The highest BCUT2D eigenvalue weighted by Gasteiger charge is 2.44. The van der Waals surface area contributed by atoms with E-state index in [-0.39, 0.29) is 35.0 Å². The molecule has 1 aliphatic carbocycles. The molecule has 2 aromatic carbocycles. The number of carboxylic acids is 1. The molecular formula is C27H29NO4. The maximum atomic E-state index is 13.4. The molecule has 1 N–H and O–H groups in total. The highest BCUT2D eigenvalue weighted by atomic mass is 16.4. The first-order valence-corrected chi connectivity index (χ1v) is 11.1. The van der Waals surface area contributed by atoms with Gasteiger partial charge < -0.3 is 5.11 Å². The van der Waals surface area contributed by atoms with Gasteiger partial charge >= 0.3 is 5.97 Å². The van der Waals surface area contributed by atoms with E-state index in [9.17, 15) is 19.5 Å². The Morgan fingerprint density at radius 3 is 2.38 bits per heavy atom. The maximum absolute atomic E-state index is 13.4. The molecule has 1 atom stereocenters. The molecule has 0 radical (unpaired) electrons. The minimum absolute atomic E-state index is 0.0704. The van der Waals surface area contributed by atoms with E-state index in [1.54, 1.807) is 17.0 Å². The highest BCUT2D eigenvalue weighted by Crippen LogP contribution is 2.48. The van der Waals surface area contributed by atoms with Crippen molar-refractivity contribution < 1.29 is 19.5 Å². The summed E-state index contributed by atoms with van der Waals surface area (Å²) in [5.74, 6) is -0.966. The number of Topliss-reactive ketones (excluding diaryl/α,β-unsaturated/α-hetero) is 1. The fourth-order valence-electron chi connectivity index (χ4n) is 4.89. The largest absolute Gasteiger partial charge is 0.478 e. The van der Waals surface area contributed by atoms with E-state index in [2.05, 4.69) is 26.0 Å². The molecule has 32 heavy (non-hydrogen) atoms. The van der Waals surface area contributed by atoms with Gasteiger partial charge in [0.25, 0.3) is 0 Å². The van der Waals surface area contributed by atoms with Crippen molar-refractivity contribution in [1.29, 1.82) is 0 Å². The number of nitrogens with zero attached hydrogens (tertiary/aromatic N) is 1. The van der Waals surface area contributed by atoms with E-state index >= 15 is 0 Å². The molecule has 1 amide bonds. The number of amides is 1. The number of ketones is 1. The molecule has 0 saturated heterocycles. The highest BCUT2D eigenvalue weighted by molar-refractivity contribution is 6.08. The molecule has 5 heteroatoms. The van der Waals surface area contributed by atoms with Crippen molar-refractivity contribution >= 4 is 23.3 Å². The standard InChI is InChI=1S/C27H29NO4/c1-16(2)17-8-10-18(11-9-17)21-13-24(30)28(20-7-5-6-19(12-20)26(31)32)22-14-27(3,4)15-23(29)25(21)22/h5-12,16,21H,13-15H2,1-4H3,(H,31,32). The number of carbonyl (C=O) groups excluding carboxylic acids is 2. The number of allylic oxidation sites excluding steroid dienone is 2. The van der Waals surface area contributed by atoms with E-state index in [4.69, 9.17) is 0 Å². The topological polar surface area (TPSA) is 74.7 Å². The van der Waals surface area contributed by atoms with Gasteiger partial charge in [0.15, 0.2) is 5.78 Å². The van der Waals surface area contributed by atoms with E-state index in [1.165, 1.54) is 17.7 Å². The summed E-state index contributed by atoms with van der Waals surface area (Å²) >= 11 is 0. The van der Waals surface area contributed by atoms with E-state index in [0.717, 1.165) is 5.56 Å². The number of hydrogen-bond donors (Lipinski definition) is 1. The Morgan fingerprint density at radius 1 is 1.06 bits per heavy atom. The lowest BCUT2D eigenvalue weighted by Gasteiger charge is -2.43. The minimum atomic E-state index is -1.05. The molecule has 0 fully saturated rings. The monoisotopic (exact) mass is 431 g/mol. The molecule has 1 aliphatic heterocycles. The molecule has 2 aliphatic rings. The lowest BCUT2D eigenvalue weighted by Crippen LogP contribution is -2.43. The van der Waals surface area contributed by atoms with Gasteiger partial charge in [0.2, 0.25) is 5.91 Å². The van der Waals surface area contributed by atoms with Crippen molar-refractivity contribution in [2.75, 3.05) is 4.90 Å². The summed E-state index contributed by atoms with van der Waals surface area (Å²) < 4.78 is 0. The van der Waals surface area contributed by atoms with Gasteiger partial charge in [-0.3, -0.25) is 14.5 Å². The van der Waals surface area contributed by atoms with Crippen molar-refractivity contribution in [3.8, 4) is 0 Å². The lowest BCUT2D eigenvalue weighted by atomic mass is 9.69. The maximum Gasteiger partial charge on any atom is 0.335 e. The zero-order valence-corrected chi connectivity index (χ0v) is 19.0. The predicted octanol–water partition coefficient (Wildman–Crippen LogP) is 5.67. The summed E-state index contributed by atoms with van der Waals surface area (Å²) in [4.78, 5) is 39.9. The summed E-state index contributed by atoms with van der Waals surface area (Å²) in [6.07, 6.45) is 1.20. The zero-order valence-electron chi connectivity index (χ0n) is 19.0. The number of carbonyl (C=O) groups is 3. The fourth-order valence-corrected chi connectivity index (χ4v) is 4.89. The van der Waals surface area contributed by atoms with Crippen LogP contribution in [-0.2, 0) is 9.59 Å². The van der Waals surface area contributed by atoms with E-state index in [1.807, 2.05) is 26.0 Å². The van der Waals surface area contributed by atoms with Crippen molar-refractivity contribution in [2.45, 2.75) is 58.8 Å². The Bertz CT molecular complexity index is 1120. The van der Waals surface area contributed by atoms with Gasteiger partial charge in [0.05, 0.1) is 5.56 Å². The Balaban J connectivity index is 1.86. The third-order valence-electron chi connectivity index (χ3n) is 6.50. The number of benzene rings is 2. The van der Waals surface area contributed by atoms with Gasteiger partial charge in [0.1, 0.15) is 0 Å². The fraction of sp³-hybridized carbons (Fsp3) is 0.370. The number of hydrogen-bond acceptors (Lipinski definition) is 3. The molecule has 2 aromatic rings. The number of anilines is 1. The second-order valence-corrected chi connectivity index (χ2v) is 9.96. The first kappa shape index (κ1) is 22.0. The molecular weight excluding hydrogens is 402 g/mol. The average Bonchev–Trinajstić information content (AvgIpc) is 2.72. The second-order valence-electron chi connectivity index (χ2n) is 9.96. The van der Waals surface area contributed by atoms with Crippen LogP contribution in [-0.4, -0.2) is 22.8 Å². The van der Waals surface area contributed by atoms with Gasteiger partial charge in [-0.2, -0.15) is 0 Å². The Hall–Kier alpha value is -3.21. The third-order valence-corrected chi connectivity index (χ3v) is 6.50. The van der Waals surface area contributed by atoms with Gasteiger partial charge in [0, 0.05) is 35.7 Å². The Labute approximate surface area is 188 Å². The molecule has 4 rings (SSSR count). The van der Waals surface area contributed by atoms with Crippen LogP contribution < -0.4 is 4.90 Å². The third kappa shape index (κ3) is 3.99. The summed E-state index contributed by atoms with van der Waals surface area (Å²) in [5, 5.41) is 9.41. The van der Waals surface area contributed by atoms with Crippen LogP contribution in [0, 0.1) is 5.41 Å². The normalized spacial score (nSPS) is 20.5. The van der Waals surface area contributed by atoms with Gasteiger partial charge in [-0.15, -0.1) is 0 Å². The molecule has 0 saturated carbocycles. The van der Waals surface area contributed by atoms with Crippen molar-refractivity contribution in [3.63, 3.8) is 0 Å². The molecule has 1 heterocycles. The zero-order chi connectivity index (χ0) is 23.2. The van der Waals surface area contributed by atoms with E-state index in [0.29, 0.717) is 35.7 Å². The number of aromatic carboxylic acids is 1. The molecule has 0 spiro atoms. The number of rotatable bonds is 4. The summed E-state index contributed by atoms with van der Waals surface area (Å²) in [7, 11) is 0. The van der Waals surface area contributed by atoms with Gasteiger partial charge in [-0.25, -0.2) is 4.79 Å². The minimum Gasteiger partial charge on any atom is -0.478 e. The first-order valence-electron chi connectivity index (χ1n) is 11.1. The van der Waals surface area contributed by atoms with Crippen LogP contribution >= 0.6 is 0 Å². The van der Waals surface area contributed by atoms with Gasteiger partial charge in [-0.05, 0) is 47.1 Å². The molecule has 5 nitrogen and oxygen atoms in total. The molecule has 0 aromatic heterocycles. The SMILES string of the molecule is CC(C)c1ccc(C2CC(=O)N(c3cccc(C(=O)O)c3)C3=C2C(=O)CC(C)(C)C3)cc1. The van der Waals surface area contributed by atoms with Crippen molar-refractivity contribution in [2.24, 2.45) is 5.41 Å².